The van der Waals surface area contributed by atoms with Crippen molar-refractivity contribution in [2.24, 2.45) is 11.1 Å². The summed E-state index contributed by atoms with van der Waals surface area (Å²) in [7, 11) is 0. The number of fused-ring (bicyclic) bond motifs is 3. The van der Waals surface area contributed by atoms with E-state index in [4.69, 9.17) is 0 Å². The van der Waals surface area contributed by atoms with Crippen LogP contribution < -0.4 is 0 Å². The van der Waals surface area contributed by atoms with Crippen molar-refractivity contribution in [3.63, 3.8) is 0 Å². The molecule has 0 saturated carbocycles. The molecule has 26 heavy (non-hydrogen) atoms. The summed E-state index contributed by atoms with van der Waals surface area (Å²) in [6.07, 6.45) is -1.83. The van der Waals surface area contributed by atoms with Crippen molar-refractivity contribution in [3.05, 3.63) is 57.5 Å². The van der Waals surface area contributed by atoms with E-state index in [1.807, 2.05) is 52.8 Å². The van der Waals surface area contributed by atoms with Crippen LogP contribution in [0.25, 0.3) is 16.3 Å². The highest BCUT2D eigenvalue weighted by molar-refractivity contribution is 5.99. The van der Waals surface area contributed by atoms with E-state index in [1.54, 1.807) is 6.92 Å². The summed E-state index contributed by atoms with van der Waals surface area (Å²) in [5.41, 5.74) is 5.46. The molecule has 1 aliphatic rings. The van der Waals surface area contributed by atoms with Crippen molar-refractivity contribution < 1.29 is 10.2 Å². The third-order valence-electron chi connectivity index (χ3n) is 5.30. The van der Waals surface area contributed by atoms with Gasteiger partial charge < -0.3 is 10.2 Å². The first kappa shape index (κ1) is 20.3. The van der Waals surface area contributed by atoms with Crippen molar-refractivity contribution in [1.29, 1.82) is 0 Å². The quantitative estimate of drug-likeness (QED) is 0.712. The average molecular weight is 355 g/mol. The zero-order valence-electron chi connectivity index (χ0n) is 16.5. The molecule has 0 aliphatic heterocycles. The molecule has 4 atom stereocenters. The Labute approximate surface area is 155 Å². The Morgan fingerprint density at radius 1 is 1.12 bits per heavy atom. The zero-order chi connectivity index (χ0) is 19.8. The summed E-state index contributed by atoms with van der Waals surface area (Å²) in [6, 6.07) is 5.02. The summed E-state index contributed by atoms with van der Waals surface area (Å²) >= 11 is 0. The lowest BCUT2D eigenvalue weighted by Crippen LogP contribution is -2.34. The molecule has 3 rings (SSSR count). The van der Waals surface area contributed by atoms with E-state index in [1.165, 1.54) is 0 Å². The topological polar surface area (TPSA) is 69.9 Å². The standard InChI is InChI=1S/C20H23NO3.C2H6/c1-9(2)15-10(3)6-7-13-16(15)11(4)8-14-17(13)20(23)18(21-24)12(5)19(14)22;1-2/h6-8,12,18-20,22-23H,1H2,2-5H3;1-2H3/t12-,18?,19?,20?;/m1./s1. The first-order valence-electron chi connectivity index (χ1n) is 9.20. The van der Waals surface area contributed by atoms with Crippen LogP contribution in [-0.2, 0) is 0 Å². The van der Waals surface area contributed by atoms with Crippen LogP contribution in [-0.4, -0.2) is 16.3 Å². The second kappa shape index (κ2) is 7.68. The van der Waals surface area contributed by atoms with Crippen molar-refractivity contribution in [1.82, 2.24) is 0 Å². The minimum absolute atomic E-state index is 0.423. The van der Waals surface area contributed by atoms with Crippen molar-refractivity contribution in [2.45, 2.75) is 59.8 Å². The van der Waals surface area contributed by atoms with Crippen LogP contribution >= 0.6 is 0 Å². The minimum atomic E-state index is -1.01. The molecule has 3 unspecified atom stereocenters. The van der Waals surface area contributed by atoms with Gasteiger partial charge in [-0.05, 0) is 59.4 Å². The van der Waals surface area contributed by atoms with Gasteiger partial charge in [0.05, 0.1) is 6.10 Å². The van der Waals surface area contributed by atoms with Crippen LogP contribution in [0, 0.1) is 24.7 Å². The zero-order valence-corrected chi connectivity index (χ0v) is 16.5. The maximum atomic E-state index is 11.2. The molecule has 4 nitrogen and oxygen atoms in total. The van der Waals surface area contributed by atoms with Gasteiger partial charge in [-0.15, -0.1) is 0 Å². The molecule has 0 fully saturated rings. The van der Waals surface area contributed by atoms with Crippen LogP contribution in [0.15, 0.2) is 30.0 Å². The molecule has 0 aromatic heterocycles. The predicted octanol–water partition coefficient (Wildman–Crippen LogP) is 5.37. The number of nitrogens with zero attached hydrogens (tertiary/aromatic N) is 1. The number of aliphatic hydroxyl groups excluding tert-OH is 2. The molecule has 4 heteroatoms. The largest absolute Gasteiger partial charge is 0.388 e. The van der Waals surface area contributed by atoms with E-state index < -0.39 is 24.2 Å². The Hall–Kier alpha value is -2.04. The third kappa shape index (κ3) is 2.97. The van der Waals surface area contributed by atoms with E-state index in [0.717, 1.165) is 33.0 Å². The number of aryl methyl sites for hydroxylation is 2. The molecule has 140 valence electrons. The Morgan fingerprint density at radius 2 is 1.73 bits per heavy atom. The highest BCUT2D eigenvalue weighted by Gasteiger charge is 2.41. The summed E-state index contributed by atoms with van der Waals surface area (Å²) < 4.78 is 0. The molecule has 0 radical (unpaired) electrons. The fourth-order valence-electron chi connectivity index (χ4n) is 4.09. The van der Waals surface area contributed by atoms with Gasteiger partial charge >= 0.3 is 0 Å². The smallest absolute Gasteiger partial charge is 0.127 e. The molecular formula is C22H29NO3. The van der Waals surface area contributed by atoms with Gasteiger partial charge in [0.2, 0.25) is 0 Å². The molecule has 2 N–H and O–H groups in total. The highest BCUT2D eigenvalue weighted by atomic mass is 16.3. The summed E-state index contributed by atoms with van der Waals surface area (Å²) in [5, 5.41) is 26.4. The Morgan fingerprint density at radius 3 is 2.27 bits per heavy atom. The van der Waals surface area contributed by atoms with Crippen LogP contribution in [0.1, 0.15) is 67.7 Å². The second-order valence-electron chi connectivity index (χ2n) is 7.00. The van der Waals surface area contributed by atoms with E-state index in [-0.39, 0.29) is 0 Å². The van der Waals surface area contributed by atoms with Gasteiger partial charge in [0.15, 0.2) is 0 Å². The highest BCUT2D eigenvalue weighted by Crippen LogP contribution is 2.46. The first-order chi connectivity index (χ1) is 12.3. The van der Waals surface area contributed by atoms with Crippen molar-refractivity contribution in [3.8, 4) is 0 Å². The van der Waals surface area contributed by atoms with Gasteiger partial charge in [-0.2, -0.15) is 4.91 Å². The van der Waals surface area contributed by atoms with E-state index in [2.05, 4.69) is 11.8 Å². The Balaban J connectivity index is 0.00000117. The SMILES string of the molecule is C=C(C)c1c(C)ccc2c3c(cc(C)c12)C(O)[C@H](C)C(N=O)C3O.CC. The second-order valence-corrected chi connectivity index (χ2v) is 7.00. The Bertz CT molecular complexity index is 856. The van der Waals surface area contributed by atoms with Gasteiger partial charge in [-0.3, -0.25) is 0 Å². The molecule has 0 spiro atoms. The first-order valence-corrected chi connectivity index (χ1v) is 9.20. The van der Waals surface area contributed by atoms with Crippen LogP contribution in [0.3, 0.4) is 0 Å². The molecule has 0 bridgehead atoms. The fourth-order valence-corrected chi connectivity index (χ4v) is 4.09. The molecule has 0 saturated heterocycles. The summed E-state index contributed by atoms with van der Waals surface area (Å²) in [6.45, 7) is 15.8. The summed E-state index contributed by atoms with van der Waals surface area (Å²) in [5.74, 6) is -0.423. The molecule has 2 aromatic carbocycles. The van der Waals surface area contributed by atoms with Crippen molar-refractivity contribution in [2.75, 3.05) is 0 Å². The fraction of sp³-hybridized carbons (Fsp3) is 0.455. The van der Waals surface area contributed by atoms with Crippen molar-refractivity contribution >= 4 is 16.3 Å². The normalized spacial score (nSPS) is 24.5. The van der Waals surface area contributed by atoms with Gasteiger partial charge in [-0.25, -0.2) is 0 Å². The van der Waals surface area contributed by atoms with Gasteiger partial charge in [0, 0.05) is 5.92 Å². The Kier molecular flexibility index (Phi) is 5.99. The van der Waals surface area contributed by atoms with Gasteiger partial charge in [0.1, 0.15) is 12.1 Å². The summed E-state index contributed by atoms with van der Waals surface area (Å²) in [4.78, 5) is 11.2. The van der Waals surface area contributed by atoms with E-state index >= 15 is 0 Å². The average Bonchev–Trinajstić information content (AvgIpc) is 2.61. The maximum absolute atomic E-state index is 11.2. The van der Waals surface area contributed by atoms with Crippen LogP contribution in [0.2, 0.25) is 0 Å². The number of nitroso groups, excluding NO2 is 1. The van der Waals surface area contributed by atoms with Crippen LogP contribution in [0.5, 0.6) is 0 Å². The molecule has 0 amide bonds. The van der Waals surface area contributed by atoms with Gasteiger partial charge in [-0.1, -0.05) is 56.3 Å². The van der Waals surface area contributed by atoms with Gasteiger partial charge in [0.25, 0.3) is 0 Å². The lowest BCUT2D eigenvalue weighted by molar-refractivity contribution is 0.0291. The minimum Gasteiger partial charge on any atom is -0.388 e. The number of aliphatic hydroxyl groups is 2. The third-order valence-corrected chi connectivity index (χ3v) is 5.30. The van der Waals surface area contributed by atoms with E-state index in [9.17, 15) is 15.1 Å². The lowest BCUT2D eigenvalue weighted by atomic mass is 9.74. The number of hydrogen-bond acceptors (Lipinski definition) is 4. The molecule has 1 aliphatic carbocycles. The lowest BCUT2D eigenvalue weighted by Gasteiger charge is -2.36. The van der Waals surface area contributed by atoms with Crippen LogP contribution in [0.4, 0.5) is 0 Å². The number of benzene rings is 2. The molecule has 0 heterocycles. The molecular weight excluding hydrogens is 326 g/mol. The number of rotatable bonds is 2. The maximum Gasteiger partial charge on any atom is 0.127 e. The van der Waals surface area contributed by atoms with E-state index in [0.29, 0.717) is 11.1 Å². The monoisotopic (exact) mass is 355 g/mol. The number of hydrogen-bond donors (Lipinski definition) is 2. The predicted molar refractivity (Wildman–Crippen MR) is 108 cm³/mol. The number of allylic oxidation sites excluding steroid dienone is 1. The molecule has 2 aromatic rings.